The van der Waals surface area contributed by atoms with E-state index < -0.39 is 49.1 Å². The Morgan fingerprint density at radius 2 is 1.24 bits per heavy atom. The van der Waals surface area contributed by atoms with Gasteiger partial charge in [-0.15, -0.1) is 0 Å². The molecule has 22 heteroatoms. The summed E-state index contributed by atoms with van der Waals surface area (Å²) >= 11 is 3.16. The van der Waals surface area contributed by atoms with Gasteiger partial charge in [-0.3, -0.25) is 19.3 Å². The molecule has 4 fully saturated rings. The van der Waals surface area contributed by atoms with E-state index in [0.29, 0.717) is 33.8 Å². The minimum Gasteiger partial charge on any atom is -0.469 e. The summed E-state index contributed by atoms with van der Waals surface area (Å²) in [6, 6.07) is 0. The maximum Gasteiger partial charge on any atom is 0.309 e. The highest BCUT2D eigenvalue weighted by atomic mass is 32.2. The van der Waals surface area contributed by atoms with Crippen LogP contribution in [0.1, 0.15) is 38.1 Å². The van der Waals surface area contributed by atoms with Crippen LogP contribution in [0.5, 0.6) is 0 Å². The number of carbonyl (C=O) groups is 1. The number of hydrogen-bond acceptors (Lipinski definition) is 20. The Hall–Kier alpha value is -3.90. The van der Waals surface area contributed by atoms with Gasteiger partial charge in [-0.2, -0.15) is 23.5 Å². The van der Waals surface area contributed by atoms with Gasteiger partial charge in [0.1, 0.15) is 42.0 Å². The van der Waals surface area contributed by atoms with E-state index in [1.54, 1.807) is 39.0 Å². The van der Waals surface area contributed by atoms with Crippen molar-refractivity contribution in [2.75, 3.05) is 75.8 Å². The van der Waals surface area contributed by atoms with E-state index in [-0.39, 0.29) is 35.3 Å². The van der Waals surface area contributed by atoms with Crippen LogP contribution >= 0.6 is 23.5 Å². The molecule has 58 heavy (non-hydrogen) atoms. The number of piperidine rings is 2. The quantitative estimate of drug-likeness (QED) is 0.0847. The van der Waals surface area contributed by atoms with Crippen LogP contribution in [0.3, 0.4) is 0 Å². The fraction of sp³-hybridized carbons (Fsp3) is 0.667. The molecule has 4 aromatic heterocycles. The van der Waals surface area contributed by atoms with Crippen molar-refractivity contribution in [1.29, 1.82) is 5.41 Å². The standard InChI is InChI=1S/C25H38N8O4S.C11H15N5O3S/c1-31-8-4-15(5-9-31)22(27)36-20-19(37-25(34)16-6-10-32(2)11-7-16)17(12-38-3)35-24(20)33-14-30-18-21(26)28-13-29-23(18)33;1-20-2-5-7(17)8(18)11(19-5)16-4-15-6-9(12)13-3-14-10(6)16/h13-17,19-20,24,27H,4-12H2,1-3H3,(H2,26,28,29);3-5,7-8,11,17-18H,2H2,1H3,(H2,12,13,14)/t17-,19-,20-,24-;5-,7-,8-,11-/m11/s1. The second kappa shape index (κ2) is 18.6. The predicted molar refractivity (Wildman–Crippen MR) is 219 cm³/mol. The number of likely N-dealkylation sites (tertiary alicyclic amines) is 2. The second-order valence-corrected chi connectivity index (χ2v) is 17.0. The molecular formula is C36H53N13O7S2. The molecular weight excluding hydrogens is 791 g/mol. The molecule has 4 saturated heterocycles. The summed E-state index contributed by atoms with van der Waals surface area (Å²) in [7, 11) is 4.15. The number of nitrogens with zero attached hydrogens (tertiary/aromatic N) is 10. The molecule has 0 bridgehead atoms. The van der Waals surface area contributed by atoms with Gasteiger partial charge in [0, 0.05) is 17.4 Å². The number of aromatic nitrogens is 8. The third-order valence-electron chi connectivity index (χ3n) is 11.3. The monoisotopic (exact) mass is 843 g/mol. The fourth-order valence-electron chi connectivity index (χ4n) is 7.86. The summed E-state index contributed by atoms with van der Waals surface area (Å²) in [6.07, 6.45) is 7.25. The zero-order chi connectivity index (χ0) is 41.1. The van der Waals surface area contributed by atoms with E-state index in [4.69, 9.17) is 35.8 Å². The average Bonchev–Trinajstić information content (AvgIpc) is 3.99. The largest absolute Gasteiger partial charge is 0.469 e. The molecule has 7 N–H and O–H groups in total. The number of aliphatic hydroxyl groups excluding tert-OH is 2. The van der Waals surface area contributed by atoms with Crippen LogP contribution in [0.2, 0.25) is 0 Å². The number of rotatable bonds is 10. The number of nitrogens with two attached hydrogens (primary N) is 2. The van der Waals surface area contributed by atoms with Gasteiger partial charge in [-0.25, -0.2) is 29.9 Å². The van der Waals surface area contributed by atoms with Crippen molar-refractivity contribution < 1.29 is 34.0 Å². The number of imidazole rings is 2. The molecule has 4 aromatic rings. The molecule has 8 heterocycles. The van der Waals surface area contributed by atoms with Crippen LogP contribution in [0.25, 0.3) is 22.3 Å². The number of nitrogens with one attached hydrogen (secondary N) is 1. The zero-order valence-electron chi connectivity index (χ0n) is 33.0. The lowest BCUT2D eigenvalue weighted by molar-refractivity contribution is -0.161. The molecule has 316 valence electrons. The van der Waals surface area contributed by atoms with E-state index in [1.807, 2.05) is 12.5 Å². The minimum absolute atomic E-state index is 0.00850. The number of thioether (sulfide) groups is 2. The van der Waals surface area contributed by atoms with E-state index >= 15 is 0 Å². The van der Waals surface area contributed by atoms with Crippen molar-refractivity contribution in [2.24, 2.45) is 11.8 Å². The van der Waals surface area contributed by atoms with Crippen molar-refractivity contribution in [1.82, 2.24) is 48.8 Å². The summed E-state index contributed by atoms with van der Waals surface area (Å²) in [5.74, 6) is 1.58. The second-order valence-electron chi connectivity index (χ2n) is 15.2. The van der Waals surface area contributed by atoms with Crippen LogP contribution in [-0.4, -0.2) is 172 Å². The van der Waals surface area contributed by atoms with Crippen LogP contribution in [0.4, 0.5) is 11.6 Å². The summed E-state index contributed by atoms with van der Waals surface area (Å²) in [6.45, 7) is 3.54. The first kappa shape index (κ1) is 42.2. The normalized spacial score (nSPS) is 28.8. The topological polar surface area (TPSA) is 264 Å². The van der Waals surface area contributed by atoms with Crippen LogP contribution < -0.4 is 11.5 Å². The van der Waals surface area contributed by atoms with E-state index in [9.17, 15) is 15.0 Å². The fourth-order valence-corrected chi connectivity index (χ4v) is 9.06. The van der Waals surface area contributed by atoms with Crippen molar-refractivity contribution in [2.45, 2.75) is 74.8 Å². The molecule has 8 rings (SSSR count). The van der Waals surface area contributed by atoms with E-state index in [2.05, 4.69) is 53.8 Å². The van der Waals surface area contributed by atoms with Gasteiger partial charge in [0.05, 0.1) is 24.7 Å². The van der Waals surface area contributed by atoms with Crippen LogP contribution in [-0.2, 0) is 23.7 Å². The molecule has 20 nitrogen and oxygen atoms in total. The summed E-state index contributed by atoms with van der Waals surface area (Å²) < 4.78 is 28.2. The van der Waals surface area contributed by atoms with Crippen molar-refractivity contribution in [3.8, 4) is 0 Å². The Morgan fingerprint density at radius 1 is 0.741 bits per heavy atom. The van der Waals surface area contributed by atoms with Crippen molar-refractivity contribution in [3.63, 3.8) is 0 Å². The lowest BCUT2D eigenvalue weighted by atomic mass is 9.96. The van der Waals surface area contributed by atoms with Crippen LogP contribution in [0, 0.1) is 17.2 Å². The number of fused-ring (bicyclic) bond motifs is 2. The van der Waals surface area contributed by atoms with E-state index in [0.717, 1.165) is 51.9 Å². The van der Waals surface area contributed by atoms with Gasteiger partial charge in [0.2, 0.25) is 0 Å². The van der Waals surface area contributed by atoms with Gasteiger partial charge in [0.25, 0.3) is 0 Å². The van der Waals surface area contributed by atoms with Gasteiger partial charge in [-0.1, -0.05) is 0 Å². The van der Waals surface area contributed by atoms with Crippen LogP contribution in [0.15, 0.2) is 25.3 Å². The highest BCUT2D eigenvalue weighted by Gasteiger charge is 2.51. The average molecular weight is 844 g/mol. The molecule has 4 aliphatic heterocycles. The number of hydrogen-bond donors (Lipinski definition) is 5. The first-order valence-electron chi connectivity index (χ1n) is 19.3. The highest BCUT2D eigenvalue weighted by Crippen LogP contribution is 2.39. The number of carbonyl (C=O) groups excluding carboxylic acids is 1. The number of esters is 1. The van der Waals surface area contributed by atoms with Crippen molar-refractivity contribution in [3.05, 3.63) is 25.3 Å². The molecule has 8 atom stereocenters. The number of aliphatic hydroxyl groups is 2. The number of ether oxygens (including phenoxy) is 4. The van der Waals surface area contributed by atoms with Crippen molar-refractivity contribution >= 4 is 69.4 Å². The highest BCUT2D eigenvalue weighted by molar-refractivity contribution is 7.98. The Kier molecular flexibility index (Phi) is 13.5. The summed E-state index contributed by atoms with van der Waals surface area (Å²) in [4.78, 5) is 42.8. The van der Waals surface area contributed by atoms with Gasteiger partial charge in [-0.05, 0) is 78.5 Å². The first-order chi connectivity index (χ1) is 28.0. The maximum absolute atomic E-state index is 13.4. The SMILES string of the molecule is CSC[C@H]1O[C@@H](n2cnc3c(N)ncnc32)[C@H](O)[C@@H]1O.CSC[C@H]1O[C@@H](n2cnc3c(N)ncnc32)[C@H](OC(=N)C2CCN(C)CC2)[C@@H]1OC(=O)C1CCN(C)CC1. The predicted octanol–water partition coefficient (Wildman–Crippen LogP) is 1.02. The third-order valence-corrected chi connectivity index (χ3v) is 12.6. The Labute approximate surface area is 344 Å². The number of anilines is 2. The molecule has 0 amide bonds. The maximum atomic E-state index is 13.4. The third kappa shape index (κ3) is 8.83. The molecule has 0 unspecified atom stereocenters. The minimum atomic E-state index is -1.04. The van der Waals surface area contributed by atoms with E-state index in [1.165, 1.54) is 19.0 Å². The molecule has 0 radical (unpaired) electrons. The Morgan fingerprint density at radius 3 is 1.79 bits per heavy atom. The molecule has 0 aliphatic carbocycles. The first-order valence-corrected chi connectivity index (χ1v) is 22.1. The van der Waals surface area contributed by atoms with Gasteiger partial charge in [0.15, 0.2) is 53.5 Å². The summed E-state index contributed by atoms with van der Waals surface area (Å²) in [5, 5.41) is 29.0. The molecule has 4 aliphatic rings. The zero-order valence-corrected chi connectivity index (χ0v) is 34.7. The smallest absolute Gasteiger partial charge is 0.309 e. The van der Waals surface area contributed by atoms with Gasteiger partial charge < -0.3 is 50.4 Å². The Balaban J connectivity index is 0.000000214. The lowest BCUT2D eigenvalue weighted by Crippen LogP contribution is -2.44. The Bertz CT molecular complexity index is 2030. The summed E-state index contributed by atoms with van der Waals surface area (Å²) in [5.41, 5.74) is 13.7. The molecule has 0 saturated carbocycles. The molecule has 0 aromatic carbocycles. The number of nitrogen functional groups attached to an aromatic ring is 2. The lowest BCUT2D eigenvalue weighted by Gasteiger charge is -2.33. The van der Waals surface area contributed by atoms with Gasteiger partial charge >= 0.3 is 5.97 Å². The molecule has 0 spiro atoms.